The average Bonchev–Trinajstić information content (AvgIpc) is 2.15. The second-order valence-electron chi connectivity index (χ2n) is 4.03. The van der Waals surface area contributed by atoms with E-state index in [0.29, 0.717) is 19.4 Å². The molecule has 88 valence electrons. The highest BCUT2D eigenvalue weighted by Crippen LogP contribution is 2.25. The van der Waals surface area contributed by atoms with Gasteiger partial charge in [0, 0.05) is 12.6 Å². The lowest BCUT2D eigenvalue weighted by atomic mass is 10.0. The minimum Gasteiger partial charge on any atom is -0.494 e. The fourth-order valence-electron chi connectivity index (χ4n) is 2.05. The van der Waals surface area contributed by atoms with Crippen molar-refractivity contribution >= 4 is 0 Å². The summed E-state index contributed by atoms with van der Waals surface area (Å²) in [6.45, 7) is 2.47. The Hall–Kier alpha value is -1.56. The molecule has 1 aliphatic rings. The monoisotopic (exact) mass is 226 g/mol. The lowest BCUT2D eigenvalue weighted by Crippen LogP contribution is -2.35. The Bertz CT molecular complexity index is 490. The van der Waals surface area contributed by atoms with Crippen LogP contribution in [0.3, 0.4) is 0 Å². The lowest BCUT2D eigenvalue weighted by molar-refractivity contribution is 0.00365. The molecule has 1 aliphatic heterocycles. The largest absolute Gasteiger partial charge is 0.494 e. The van der Waals surface area contributed by atoms with Gasteiger partial charge in [-0.2, -0.15) is 0 Å². The van der Waals surface area contributed by atoms with Gasteiger partial charge in [-0.15, -0.1) is 0 Å². The zero-order valence-electron chi connectivity index (χ0n) is 8.97. The van der Waals surface area contributed by atoms with Crippen LogP contribution < -0.4 is 11.2 Å². The molecule has 2 atom stereocenters. The summed E-state index contributed by atoms with van der Waals surface area (Å²) < 4.78 is 6.59. The van der Waals surface area contributed by atoms with Gasteiger partial charge in [0.2, 0.25) is 5.88 Å². The quantitative estimate of drug-likeness (QED) is 0.705. The van der Waals surface area contributed by atoms with Gasteiger partial charge in [0.15, 0.2) is 0 Å². The van der Waals surface area contributed by atoms with Crippen molar-refractivity contribution in [1.29, 1.82) is 0 Å². The van der Waals surface area contributed by atoms with E-state index < -0.39 is 11.2 Å². The van der Waals surface area contributed by atoms with Gasteiger partial charge >= 0.3 is 5.69 Å². The van der Waals surface area contributed by atoms with E-state index in [0.717, 1.165) is 6.07 Å². The van der Waals surface area contributed by atoms with E-state index in [1.807, 2.05) is 6.92 Å². The average molecular weight is 226 g/mol. The van der Waals surface area contributed by atoms with Gasteiger partial charge in [0.25, 0.3) is 5.56 Å². The maximum atomic E-state index is 11.6. The Morgan fingerprint density at radius 1 is 1.56 bits per heavy atom. The summed E-state index contributed by atoms with van der Waals surface area (Å²) in [5.41, 5.74) is -1.15. The number of nitrogens with zero attached hydrogens (tertiary/aromatic N) is 1. The molecule has 2 unspecified atom stereocenters. The molecule has 0 aliphatic carbocycles. The van der Waals surface area contributed by atoms with E-state index in [1.54, 1.807) is 0 Å². The number of aromatic amines is 1. The zero-order valence-corrected chi connectivity index (χ0v) is 8.97. The number of H-pyrrole nitrogens is 1. The number of ether oxygens (including phenoxy) is 1. The molecule has 2 rings (SSSR count). The minimum atomic E-state index is -0.584. The van der Waals surface area contributed by atoms with Crippen molar-refractivity contribution in [1.82, 2.24) is 9.55 Å². The second-order valence-corrected chi connectivity index (χ2v) is 4.03. The van der Waals surface area contributed by atoms with Crippen LogP contribution in [0, 0.1) is 0 Å². The minimum absolute atomic E-state index is 0.0528. The van der Waals surface area contributed by atoms with Crippen molar-refractivity contribution in [2.24, 2.45) is 0 Å². The van der Waals surface area contributed by atoms with Crippen LogP contribution in [-0.2, 0) is 4.74 Å². The highest BCUT2D eigenvalue weighted by molar-refractivity contribution is 5.07. The lowest BCUT2D eigenvalue weighted by Gasteiger charge is -2.28. The van der Waals surface area contributed by atoms with Gasteiger partial charge in [-0.05, 0) is 19.8 Å². The molecule has 0 aromatic carbocycles. The van der Waals surface area contributed by atoms with Crippen LogP contribution >= 0.6 is 0 Å². The molecule has 0 spiro atoms. The Kier molecular flexibility index (Phi) is 2.82. The van der Waals surface area contributed by atoms with Crippen LogP contribution in [0.25, 0.3) is 0 Å². The molecular weight excluding hydrogens is 212 g/mol. The van der Waals surface area contributed by atoms with Crippen molar-refractivity contribution in [3.63, 3.8) is 0 Å². The summed E-state index contributed by atoms with van der Waals surface area (Å²) in [7, 11) is 0. The summed E-state index contributed by atoms with van der Waals surface area (Å²) in [4.78, 5) is 24.7. The summed E-state index contributed by atoms with van der Waals surface area (Å²) in [5.74, 6) is -0.284. The zero-order chi connectivity index (χ0) is 11.7. The normalized spacial score (nSPS) is 25.6. The van der Waals surface area contributed by atoms with Gasteiger partial charge in [-0.1, -0.05) is 0 Å². The van der Waals surface area contributed by atoms with Crippen LogP contribution in [0.4, 0.5) is 0 Å². The number of nitrogens with one attached hydrogen (secondary N) is 1. The Balaban J connectivity index is 2.40. The van der Waals surface area contributed by atoms with Crippen molar-refractivity contribution < 1.29 is 9.84 Å². The fourth-order valence-corrected chi connectivity index (χ4v) is 2.05. The summed E-state index contributed by atoms with van der Waals surface area (Å²) >= 11 is 0. The van der Waals surface area contributed by atoms with E-state index in [-0.39, 0.29) is 18.0 Å². The smallest absolute Gasteiger partial charge is 0.331 e. The van der Waals surface area contributed by atoms with Gasteiger partial charge in [0.05, 0.1) is 12.2 Å². The van der Waals surface area contributed by atoms with Crippen LogP contribution in [0.15, 0.2) is 15.7 Å². The summed E-state index contributed by atoms with van der Waals surface area (Å²) in [6, 6.07) is 0.898. The maximum absolute atomic E-state index is 11.6. The van der Waals surface area contributed by atoms with Gasteiger partial charge in [-0.25, -0.2) is 4.79 Å². The second kappa shape index (κ2) is 4.13. The predicted molar refractivity (Wildman–Crippen MR) is 56.7 cm³/mol. The number of hydrogen-bond donors (Lipinski definition) is 2. The molecule has 1 aromatic heterocycles. The standard InChI is InChI=1S/C10H14N2O4/c1-6-4-7(2-3-16-6)12-9(14)5-8(13)11-10(12)15/h5-7,14H,2-4H2,1H3,(H,11,13,15). The molecule has 6 heteroatoms. The van der Waals surface area contributed by atoms with E-state index in [9.17, 15) is 14.7 Å². The Morgan fingerprint density at radius 3 is 2.94 bits per heavy atom. The molecule has 6 nitrogen and oxygen atoms in total. The van der Waals surface area contributed by atoms with E-state index in [4.69, 9.17) is 4.74 Å². The fraction of sp³-hybridized carbons (Fsp3) is 0.600. The summed E-state index contributed by atoms with van der Waals surface area (Å²) in [6.07, 6.45) is 1.36. The number of hydrogen-bond acceptors (Lipinski definition) is 4. The van der Waals surface area contributed by atoms with Crippen molar-refractivity contribution in [2.75, 3.05) is 6.61 Å². The van der Waals surface area contributed by atoms with Crippen LogP contribution in [-0.4, -0.2) is 27.4 Å². The first-order chi connectivity index (χ1) is 7.58. The highest BCUT2D eigenvalue weighted by Gasteiger charge is 2.23. The van der Waals surface area contributed by atoms with Crippen molar-refractivity contribution in [3.05, 3.63) is 26.9 Å². The molecule has 2 heterocycles. The van der Waals surface area contributed by atoms with Crippen molar-refractivity contribution in [3.8, 4) is 5.88 Å². The highest BCUT2D eigenvalue weighted by atomic mass is 16.5. The molecule has 1 saturated heterocycles. The first-order valence-electron chi connectivity index (χ1n) is 5.24. The molecule has 0 radical (unpaired) electrons. The number of rotatable bonds is 1. The summed E-state index contributed by atoms with van der Waals surface area (Å²) in [5, 5.41) is 9.61. The molecule has 0 bridgehead atoms. The SMILES string of the molecule is CC1CC(n2c(O)cc(=O)[nH]c2=O)CCO1. The van der Waals surface area contributed by atoms with Gasteiger partial charge < -0.3 is 9.84 Å². The van der Waals surface area contributed by atoms with Gasteiger partial charge in [-0.3, -0.25) is 14.3 Å². The third-order valence-electron chi connectivity index (χ3n) is 2.78. The molecule has 16 heavy (non-hydrogen) atoms. The predicted octanol–water partition coefficient (Wildman–Crippen LogP) is -0.0178. The molecule has 0 saturated carbocycles. The molecule has 1 fully saturated rings. The Morgan fingerprint density at radius 2 is 2.31 bits per heavy atom. The van der Waals surface area contributed by atoms with Crippen LogP contribution in [0.1, 0.15) is 25.8 Å². The number of aromatic hydroxyl groups is 1. The molecule has 1 aromatic rings. The Labute approximate surface area is 91.5 Å². The van der Waals surface area contributed by atoms with Gasteiger partial charge in [0.1, 0.15) is 0 Å². The molecular formula is C10H14N2O4. The first kappa shape index (κ1) is 10.9. The molecule has 0 amide bonds. The third kappa shape index (κ3) is 2.01. The number of aromatic nitrogens is 2. The van der Waals surface area contributed by atoms with E-state index >= 15 is 0 Å². The molecule has 2 N–H and O–H groups in total. The maximum Gasteiger partial charge on any atom is 0.331 e. The third-order valence-corrected chi connectivity index (χ3v) is 2.78. The van der Waals surface area contributed by atoms with E-state index in [1.165, 1.54) is 4.57 Å². The topological polar surface area (TPSA) is 84.3 Å². The van der Waals surface area contributed by atoms with E-state index in [2.05, 4.69) is 4.98 Å². The van der Waals surface area contributed by atoms with Crippen LogP contribution in [0.2, 0.25) is 0 Å². The van der Waals surface area contributed by atoms with Crippen molar-refractivity contribution in [2.45, 2.75) is 31.9 Å². The van der Waals surface area contributed by atoms with Crippen LogP contribution in [0.5, 0.6) is 5.88 Å². The first-order valence-corrected chi connectivity index (χ1v) is 5.24.